The van der Waals surface area contributed by atoms with Crippen molar-refractivity contribution in [2.75, 3.05) is 5.32 Å². The number of aromatic nitrogens is 2. The quantitative estimate of drug-likeness (QED) is 0.188. The molecule has 67 heavy (non-hydrogen) atoms. The first kappa shape index (κ1) is 36.8. The fraction of sp³-hybridized carbons (Fsp3) is 0.0161. The van der Waals surface area contributed by atoms with Gasteiger partial charge >= 0.3 is 0 Å². The highest BCUT2D eigenvalue weighted by atomic mass is 32.1. The van der Waals surface area contributed by atoms with Crippen molar-refractivity contribution >= 4 is 119 Å². The Labute approximate surface area is 388 Å². The summed E-state index contributed by atoms with van der Waals surface area (Å²) in [5.41, 5.74) is 12.6. The molecule has 4 heterocycles. The fourth-order valence-electron chi connectivity index (χ4n) is 11.4. The van der Waals surface area contributed by atoms with Gasteiger partial charge in [-0.15, -0.1) is 11.3 Å². The molecule has 1 atom stereocenters. The Kier molecular flexibility index (Phi) is 7.68. The molecule has 4 nitrogen and oxygen atoms in total. The van der Waals surface area contributed by atoms with Gasteiger partial charge in [0.05, 0.1) is 39.2 Å². The zero-order chi connectivity index (χ0) is 43.7. The first-order chi connectivity index (χ1) is 33.2. The Morgan fingerprint density at radius 1 is 0.388 bits per heavy atom. The number of para-hydroxylation sites is 3. The van der Waals surface area contributed by atoms with Gasteiger partial charge in [0.2, 0.25) is 0 Å². The highest BCUT2D eigenvalue weighted by molar-refractivity contribution is 7.25. The predicted octanol–water partition coefficient (Wildman–Crippen LogP) is 16.7. The van der Waals surface area contributed by atoms with E-state index in [1.54, 1.807) is 0 Å². The molecule has 0 amide bonds. The summed E-state index contributed by atoms with van der Waals surface area (Å²) in [5.74, 6) is 0. The van der Waals surface area contributed by atoms with Crippen molar-refractivity contribution in [3.63, 3.8) is 0 Å². The minimum Gasteiger partial charge on any atom is -0.359 e. The van der Waals surface area contributed by atoms with E-state index in [1.165, 1.54) is 102 Å². The lowest BCUT2D eigenvalue weighted by Gasteiger charge is -2.27. The summed E-state index contributed by atoms with van der Waals surface area (Å²) in [4.78, 5) is 5.67. The summed E-state index contributed by atoms with van der Waals surface area (Å²) in [7, 11) is 0. The molecule has 1 aliphatic heterocycles. The van der Waals surface area contributed by atoms with Crippen LogP contribution in [0, 0.1) is 0 Å². The molecule has 0 aliphatic carbocycles. The average molecular weight is 871 g/mol. The van der Waals surface area contributed by atoms with Gasteiger partial charge in [0.25, 0.3) is 0 Å². The van der Waals surface area contributed by atoms with Gasteiger partial charge in [0, 0.05) is 80.3 Å². The largest absolute Gasteiger partial charge is 0.359 e. The number of hydrogen-bond acceptors (Lipinski definition) is 3. The molecule has 0 radical (unpaired) electrons. The Morgan fingerprint density at radius 3 is 1.91 bits per heavy atom. The van der Waals surface area contributed by atoms with Gasteiger partial charge in [-0.1, -0.05) is 164 Å². The summed E-state index contributed by atoms with van der Waals surface area (Å²) in [6.45, 7) is 0. The molecule has 312 valence electrons. The SMILES string of the molecule is c1ccc2c(c1)NC(c1cccc3sc4ccccc4c13)N=C2c1cccc2c(-n3c4ccccc4c4cc5cccc(-n6c7ccccc7c7ccc8ccccc8c76)c5cc43)cccc12. The molecule has 0 fully saturated rings. The number of hydrogen-bond donors (Lipinski definition) is 1. The van der Waals surface area contributed by atoms with Crippen LogP contribution in [0.2, 0.25) is 0 Å². The number of anilines is 1. The van der Waals surface area contributed by atoms with Gasteiger partial charge in [-0.05, 0) is 70.8 Å². The van der Waals surface area contributed by atoms with Crippen molar-refractivity contribution in [2.24, 2.45) is 4.99 Å². The fourth-order valence-corrected chi connectivity index (χ4v) is 12.6. The Bertz CT molecular complexity index is 4450. The first-order valence-corrected chi connectivity index (χ1v) is 23.8. The molecule has 11 aromatic carbocycles. The molecule has 3 aromatic heterocycles. The second kappa shape index (κ2) is 14.0. The maximum Gasteiger partial charge on any atom is 0.146 e. The number of nitrogens with one attached hydrogen (secondary N) is 1. The lowest BCUT2D eigenvalue weighted by molar-refractivity contribution is 0.837. The van der Waals surface area contributed by atoms with Crippen LogP contribution in [0.3, 0.4) is 0 Å². The van der Waals surface area contributed by atoms with Crippen molar-refractivity contribution in [3.8, 4) is 11.4 Å². The molecular weight excluding hydrogens is 833 g/mol. The standard InChI is InChI=1S/C62H38N4S/c1-2-17-39-37(15-1)33-34-45-42-18-4-9-28-54(42)66(61(39)45)55-29-11-16-38-35-50-43-19-5-8-27-52(43)65(56(50)36-49(38)55)53-30-13-22-40-41(53)23-12-24-44(40)60-46-20-3-7-26-51(46)63-62(64-60)48-25-14-32-58-59(48)47-21-6-10-31-57(47)67-58/h1-36,62-63H. The van der Waals surface area contributed by atoms with Crippen LogP contribution in [-0.2, 0) is 0 Å². The number of aliphatic imine (C=N–C) groups is 1. The van der Waals surface area contributed by atoms with Crippen LogP contribution in [0.5, 0.6) is 0 Å². The normalized spacial score (nSPS) is 14.0. The van der Waals surface area contributed by atoms with E-state index in [0.29, 0.717) is 0 Å². The number of thiophene rings is 1. The molecular formula is C62H38N4S. The van der Waals surface area contributed by atoms with Crippen molar-refractivity contribution in [2.45, 2.75) is 6.17 Å². The van der Waals surface area contributed by atoms with Gasteiger partial charge in [0.1, 0.15) is 6.17 Å². The van der Waals surface area contributed by atoms with E-state index in [1.807, 2.05) is 11.3 Å². The van der Waals surface area contributed by atoms with E-state index >= 15 is 0 Å². The Morgan fingerprint density at radius 2 is 1.01 bits per heavy atom. The van der Waals surface area contributed by atoms with Crippen molar-refractivity contribution in [1.82, 2.24) is 9.13 Å². The van der Waals surface area contributed by atoms with Gasteiger partial charge in [-0.25, -0.2) is 0 Å². The van der Waals surface area contributed by atoms with Gasteiger partial charge in [-0.3, -0.25) is 4.99 Å². The minimum atomic E-state index is -0.266. The summed E-state index contributed by atoms with van der Waals surface area (Å²) in [6.07, 6.45) is -0.266. The molecule has 1 aliphatic rings. The lowest BCUT2D eigenvalue weighted by atomic mass is 9.92. The van der Waals surface area contributed by atoms with Crippen LogP contribution in [0.4, 0.5) is 5.69 Å². The molecule has 15 rings (SSSR count). The topological polar surface area (TPSA) is 34.2 Å². The molecule has 0 bridgehead atoms. The average Bonchev–Trinajstić information content (AvgIpc) is 4.05. The van der Waals surface area contributed by atoms with Crippen molar-refractivity contribution < 1.29 is 0 Å². The van der Waals surface area contributed by atoms with Crippen LogP contribution in [0.1, 0.15) is 22.9 Å². The zero-order valence-corrected chi connectivity index (χ0v) is 36.9. The summed E-state index contributed by atoms with van der Waals surface area (Å²) in [6, 6.07) is 80.3. The van der Waals surface area contributed by atoms with E-state index in [2.05, 4.69) is 233 Å². The van der Waals surface area contributed by atoms with E-state index < -0.39 is 0 Å². The van der Waals surface area contributed by atoms with Gasteiger partial charge in [0.15, 0.2) is 0 Å². The van der Waals surface area contributed by atoms with E-state index in [0.717, 1.165) is 33.6 Å². The van der Waals surface area contributed by atoms with Crippen LogP contribution < -0.4 is 5.32 Å². The maximum absolute atomic E-state index is 5.67. The van der Waals surface area contributed by atoms with Gasteiger partial charge in [-0.2, -0.15) is 0 Å². The summed E-state index contributed by atoms with van der Waals surface area (Å²) < 4.78 is 7.57. The molecule has 14 aromatic rings. The van der Waals surface area contributed by atoms with Crippen molar-refractivity contribution in [3.05, 3.63) is 235 Å². The zero-order valence-electron chi connectivity index (χ0n) is 36.1. The molecule has 0 saturated carbocycles. The monoisotopic (exact) mass is 870 g/mol. The van der Waals surface area contributed by atoms with Crippen molar-refractivity contribution in [1.29, 1.82) is 0 Å². The van der Waals surface area contributed by atoms with E-state index in [9.17, 15) is 0 Å². The Hall–Kier alpha value is -8.51. The Balaban J connectivity index is 0.972. The number of nitrogens with zero attached hydrogens (tertiary/aromatic N) is 3. The molecule has 0 spiro atoms. The summed E-state index contributed by atoms with van der Waals surface area (Å²) >= 11 is 1.85. The van der Waals surface area contributed by atoms with Crippen LogP contribution in [-0.4, -0.2) is 14.8 Å². The number of fused-ring (bicyclic) bond motifs is 14. The first-order valence-electron chi connectivity index (χ1n) is 23.0. The molecule has 5 heteroatoms. The van der Waals surface area contributed by atoms with Gasteiger partial charge < -0.3 is 14.5 Å². The summed E-state index contributed by atoms with van der Waals surface area (Å²) in [5, 5.41) is 18.6. The van der Waals surface area contributed by atoms with Crippen LogP contribution in [0.15, 0.2) is 223 Å². The molecule has 1 N–H and O–H groups in total. The van der Waals surface area contributed by atoms with E-state index in [-0.39, 0.29) is 6.17 Å². The second-order valence-corrected chi connectivity index (χ2v) is 18.9. The lowest BCUT2D eigenvalue weighted by Crippen LogP contribution is -2.21. The molecule has 0 saturated heterocycles. The smallest absolute Gasteiger partial charge is 0.146 e. The second-order valence-electron chi connectivity index (χ2n) is 17.8. The highest BCUT2D eigenvalue weighted by Gasteiger charge is 2.27. The third kappa shape index (κ3) is 5.26. The third-order valence-corrected chi connectivity index (χ3v) is 15.4. The molecule has 1 unspecified atom stereocenters. The maximum atomic E-state index is 5.67. The van der Waals surface area contributed by atoms with Crippen LogP contribution in [0.25, 0.3) is 107 Å². The number of benzene rings is 11. The predicted molar refractivity (Wildman–Crippen MR) is 285 cm³/mol. The van der Waals surface area contributed by atoms with Crippen LogP contribution >= 0.6 is 11.3 Å². The number of rotatable bonds is 4. The minimum absolute atomic E-state index is 0.266. The highest BCUT2D eigenvalue weighted by Crippen LogP contribution is 2.44. The third-order valence-electron chi connectivity index (χ3n) is 14.3. The van der Waals surface area contributed by atoms with E-state index in [4.69, 9.17) is 4.99 Å².